The van der Waals surface area contributed by atoms with Crippen molar-refractivity contribution < 1.29 is 9.53 Å². The van der Waals surface area contributed by atoms with E-state index in [1.54, 1.807) is 12.4 Å². The fourth-order valence-corrected chi connectivity index (χ4v) is 5.73. The Balaban J connectivity index is 1.07. The lowest BCUT2D eigenvalue weighted by Gasteiger charge is -2.41. The number of aromatic nitrogens is 3. The molecule has 1 saturated carbocycles. The molecular formula is C26H33N5O2. The number of H-pyrrole nitrogens is 1. The zero-order chi connectivity index (χ0) is 22.2. The molecule has 6 rings (SSSR count). The van der Waals surface area contributed by atoms with Crippen LogP contribution in [0.2, 0.25) is 0 Å². The minimum Gasteiger partial charge on any atom is -0.490 e. The number of benzene rings is 1. The Kier molecular flexibility index (Phi) is 5.58. The van der Waals surface area contributed by atoms with Crippen LogP contribution in [-0.2, 0) is 0 Å². The molecule has 33 heavy (non-hydrogen) atoms. The van der Waals surface area contributed by atoms with Gasteiger partial charge in [-0.15, -0.1) is 0 Å². The van der Waals surface area contributed by atoms with Crippen molar-refractivity contribution in [1.82, 2.24) is 24.6 Å². The monoisotopic (exact) mass is 447 g/mol. The molecule has 0 radical (unpaired) electrons. The summed E-state index contributed by atoms with van der Waals surface area (Å²) in [6.07, 6.45) is 14.2. The molecule has 1 N–H and O–H groups in total. The van der Waals surface area contributed by atoms with Crippen molar-refractivity contribution >= 4 is 16.8 Å². The SMILES string of the molecule is O=C(c1cn[nH]c1)N1CCC(n2ccc3cc(OC4CCN(C5CCC5)CC4)ccc32)CC1. The number of fused-ring (bicyclic) bond motifs is 1. The van der Waals surface area contributed by atoms with E-state index >= 15 is 0 Å². The largest absolute Gasteiger partial charge is 0.490 e. The molecule has 4 heterocycles. The van der Waals surface area contributed by atoms with Crippen LogP contribution in [-0.4, -0.2) is 68.8 Å². The lowest BCUT2D eigenvalue weighted by atomic mass is 9.90. The Morgan fingerprint density at radius 1 is 0.970 bits per heavy atom. The lowest BCUT2D eigenvalue weighted by molar-refractivity contribution is 0.0494. The molecule has 1 aromatic carbocycles. The Hall–Kier alpha value is -2.80. The third-order valence-electron chi connectivity index (χ3n) is 7.95. The van der Waals surface area contributed by atoms with Crippen molar-refractivity contribution in [3.8, 4) is 5.75 Å². The molecule has 0 atom stereocenters. The first-order valence-electron chi connectivity index (χ1n) is 12.5. The number of piperidine rings is 2. The van der Waals surface area contributed by atoms with Gasteiger partial charge in [0.1, 0.15) is 11.9 Å². The van der Waals surface area contributed by atoms with Gasteiger partial charge in [-0.05, 0) is 62.8 Å². The summed E-state index contributed by atoms with van der Waals surface area (Å²) in [5.41, 5.74) is 1.89. The van der Waals surface area contributed by atoms with Crippen molar-refractivity contribution in [1.29, 1.82) is 0 Å². The van der Waals surface area contributed by atoms with Crippen LogP contribution in [0.25, 0.3) is 10.9 Å². The Labute approximate surface area is 194 Å². The molecule has 2 aliphatic heterocycles. The zero-order valence-electron chi connectivity index (χ0n) is 19.2. The second-order valence-electron chi connectivity index (χ2n) is 9.89. The topological polar surface area (TPSA) is 66.4 Å². The van der Waals surface area contributed by atoms with E-state index in [9.17, 15) is 4.79 Å². The quantitative estimate of drug-likeness (QED) is 0.635. The number of aromatic amines is 1. The van der Waals surface area contributed by atoms with E-state index in [4.69, 9.17) is 4.74 Å². The smallest absolute Gasteiger partial charge is 0.257 e. The van der Waals surface area contributed by atoms with Crippen LogP contribution in [0.1, 0.15) is 61.3 Å². The summed E-state index contributed by atoms with van der Waals surface area (Å²) in [5.74, 6) is 1.06. The molecule has 3 fully saturated rings. The van der Waals surface area contributed by atoms with Crippen LogP contribution < -0.4 is 4.74 Å². The molecule has 1 amide bonds. The van der Waals surface area contributed by atoms with Gasteiger partial charge in [0.25, 0.3) is 5.91 Å². The van der Waals surface area contributed by atoms with Crippen LogP contribution in [0, 0.1) is 0 Å². The van der Waals surface area contributed by atoms with Gasteiger partial charge in [-0.25, -0.2) is 0 Å². The summed E-state index contributed by atoms with van der Waals surface area (Å²) < 4.78 is 8.77. The lowest BCUT2D eigenvalue weighted by Crippen LogP contribution is -2.46. The Morgan fingerprint density at radius 3 is 2.48 bits per heavy atom. The summed E-state index contributed by atoms with van der Waals surface area (Å²) in [7, 11) is 0. The highest BCUT2D eigenvalue weighted by Gasteiger charge is 2.29. The zero-order valence-corrected chi connectivity index (χ0v) is 19.2. The standard InChI is InChI=1S/C26H33N5O2/c32-26(20-17-27-28-18-20)30-11-7-22(8-12-30)31-15-6-19-16-24(4-5-25(19)31)33-23-9-13-29(14-10-23)21-2-1-3-21/h4-6,15-18,21-23H,1-3,7-14H2,(H,27,28). The molecule has 2 aromatic heterocycles. The van der Waals surface area contributed by atoms with E-state index in [2.05, 4.69) is 50.1 Å². The predicted molar refractivity (Wildman–Crippen MR) is 128 cm³/mol. The first-order chi connectivity index (χ1) is 16.2. The van der Waals surface area contributed by atoms with Gasteiger partial charge in [-0.1, -0.05) is 6.42 Å². The minimum atomic E-state index is 0.0693. The first-order valence-corrected chi connectivity index (χ1v) is 12.5. The average Bonchev–Trinajstić information content (AvgIpc) is 3.49. The molecule has 3 aliphatic rings. The predicted octanol–water partition coefficient (Wildman–Crippen LogP) is 4.24. The highest BCUT2D eigenvalue weighted by Crippen LogP contribution is 2.32. The third kappa shape index (κ3) is 4.14. The van der Waals surface area contributed by atoms with Gasteiger partial charge in [0.2, 0.25) is 0 Å². The van der Waals surface area contributed by atoms with E-state index in [1.807, 2.05) is 4.90 Å². The Morgan fingerprint density at radius 2 is 1.79 bits per heavy atom. The highest BCUT2D eigenvalue weighted by atomic mass is 16.5. The maximum absolute atomic E-state index is 12.6. The van der Waals surface area contributed by atoms with Gasteiger partial charge in [-0.2, -0.15) is 5.10 Å². The highest BCUT2D eigenvalue weighted by molar-refractivity contribution is 5.93. The number of carbonyl (C=O) groups is 1. The van der Waals surface area contributed by atoms with Gasteiger partial charge >= 0.3 is 0 Å². The third-order valence-corrected chi connectivity index (χ3v) is 7.95. The first kappa shape index (κ1) is 20.8. The van der Waals surface area contributed by atoms with E-state index in [0.29, 0.717) is 17.7 Å². The van der Waals surface area contributed by atoms with Gasteiger partial charge in [-0.3, -0.25) is 9.89 Å². The van der Waals surface area contributed by atoms with E-state index < -0.39 is 0 Å². The number of rotatable bonds is 5. The fourth-order valence-electron chi connectivity index (χ4n) is 5.73. The molecule has 1 aliphatic carbocycles. The van der Waals surface area contributed by atoms with Crippen LogP contribution >= 0.6 is 0 Å². The second kappa shape index (κ2) is 8.86. The maximum Gasteiger partial charge on any atom is 0.257 e. The van der Waals surface area contributed by atoms with Gasteiger partial charge in [0, 0.05) is 61.6 Å². The van der Waals surface area contributed by atoms with Gasteiger partial charge in [0.05, 0.1) is 11.8 Å². The molecule has 0 spiro atoms. The molecule has 174 valence electrons. The minimum absolute atomic E-state index is 0.0693. The maximum atomic E-state index is 12.6. The number of likely N-dealkylation sites (tertiary alicyclic amines) is 2. The number of ether oxygens (including phenoxy) is 1. The number of nitrogens with one attached hydrogen (secondary N) is 1. The van der Waals surface area contributed by atoms with Crippen molar-refractivity contribution in [3.63, 3.8) is 0 Å². The molecular weight excluding hydrogens is 414 g/mol. The molecule has 2 saturated heterocycles. The number of nitrogens with zero attached hydrogens (tertiary/aromatic N) is 4. The molecule has 3 aromatic rings. The molecule has 0 unspecified atom stereocenters. The summed E-state index contributed by atoms with van der Waals surface area (Å²) in [4.78, 5) is 17.2. The van der Waals surface area contributed by atoms with Crippen LogP contribution in [0.3, 0.4) is 0 Å². The van der Waals surface area contributed by atoms with Crippen LogP contribution in [0.4, 0.5) is 0 Å². The molecule has 7 nitrogen and oxygen atoms in total. The number of hydrogen-bond acceptors (Lipinski definition) is 4. The van der Waals surface area contributed by atoms with Gasteiger partial charge < -0.3 is 19.1 Å². The summed E-state index contributed by atoms with van der Waals surface area (Å²) in [6, 6.07) is 9.99. The summed E-state index contributed by atoms with van der Waals surface area (Å²) >= 11 is 0. The van der Waals surface area contributed by atoms with E-state index in [-0.39, 0.29) is 5.91 Å². The summed E-state index contributed by atoms with van der Waals surface area (Å²) in [6.45, 7) is 3.90. The molecule has 7 heteroatoms. The second-order valence-corrected chi connectivity index (χ2v) is 9.89. The van der Waals surface area contributed by atoms with Crippen LogP contribution in [0.5, 0.6) is 5.75 Å². The average molecular weight is 448 g/mol. The fraction of sp³-hybridized carbons (Fsp3) is 0.538. The van der Waals surface area contributed by atoms with Crippen LogP contribution in [0.15, 0.2) is 42.9 Å². The Bertz CT molecular complexity index is 1090. The number of hydrogen-bond donors (Lipinski definition) is 1. The number of carbonyl (C=O) groups excluding carboxylic acids is 1. The van der Waals surface area contributed by atoms with Gasteiger partial charge in [0.15, 0.2) is 0 Å². The van der Waals surface area contributed by atoms with Crippen molar-refractivity contribution in [3.05, 3.63) is 48.4 Å². The summed E-state index contributed by atoms with van der Waals surface area (Å²) in [5, 5.41) is 7.86. The van der Waals surface area contributed by atoms with Crippen molar-refractivity contribution in [2.45, 2.75) is 63.1 Å². The molecule has 0 bridgehead atoms. The van der Waals surface area contributed by atoms with Crippen molar-refractivity contribution in [2.24, 2.45) is 0 Å². The normalized spacial score (nSPS) is 21.4. The number of amides is 1. The van der Waals surface area contributed by atoms with E-state index in [0.717, 1.165) is 50.6 Å². The van der Waals surface area contributed by atoms with Crippen molar-refractivity contribution in [2.75, 3.05) is 26.2 Å². The van der Waals surface area contributed by atoms with E-state index in [1.165, 1.54) is 43.3 Å².